The van der Waals surface area contributed by atoms with Crippen molar-refractivity contribution in [2.45, 2.75) is 57.2 Å². The van der Waals surface area contributed by atoms with E-state index in [1.165, 1.54) is 18.3 Å². The van der Waals surface area contributed by atoms with Crippen LogP contribution in [0.15, 0.2) is 35.7 Å². The number of H-pyrrole nitrogens is 1. The second-order valence-electron chi connectivity index (χ2n) is 11.1. The summed E-state index contributed by atoms with van der Waals surface area (Å²) in [6.45, 7) is 6.25. The molecule has 0 spiro atoms. The van der Waals surface area contributed by atoms with Crippen molar-refractivity contribution in [1.29, 1.82) is 0 Å². The lowest BCUT2D eigenvalue weighted by molar-refractivity contribution is -0.306. The summed E-state index contributed by atoms with van der Waals surface area (Å²) in [5.74, 6) is -0.800. The number of fused-ring (bicyclic) bond motifs is 1. The van der Waals surface area contributed by atoms with E-state index in [1.54, 1.807) is 18.9 Å². The molecule has 0 radical (unpaired) electrons. The Morgan fingerprint density at radius 1 is 1.10 bits per heavy atom. The number of nitrogens with one attached hydrogen (secondary N) is 1. The van der Waals surface area contributed by atoms with Gasteiger partial charge in [0.1, 0.15) is 17.2 Å². The van der Waals surface area contributed by atoms with Gasteiger partial charge in [-0.05, 0) is 68.8 Å². The highest BCUT2D eigenvalue weighted by molar-refractivity contribution is 5.94. The molecular formula is C29H36F4N4O3. The molecule has 1 N–H and O–H groups in total. The molecule has 7 nitrogen and oxygen atoms in total. The van der Waals surface area contributed by atoms with Crippen LogP contribution < -0.4 is 0 Å². The Kier molecular flexibility index (Phi) is 8.51. The van der Waals surface area contributed by atoms with E-state index in [1.807, 2.05) is 0 Å². The van der Waals surface area contributed by atoms with Crippen LogP contribution in [0.5, 0.6) is 0 Å². The van der Waals surface area contributed by atoms with Crippen molar-refractivity contribution in [2.75, 3.05) is 46.4 Å². The van der Waals surface area contributed by atoms with E-state index in [4.69, 9.17) is 4.74 Å². The first kappa shape index (κ1) is 28.6. The molecule has 5 rings (SSSR count). The zero-order valence-electron chi connectivity index (χ0n) is 22.9. The average molecular weight is 565 g/mol. The van der Waals surface area contributed by atoms with Crippen LogP contribution in [0, 0.1) is 11.7 Å². The summed E-state index contributed by atoms with van der Waals surface area (Å²) in [7, 11) is 1.71. The predicted octanol–water partition coefficient (Wildman–Crippen LogP) is 5.62. The molecule has 0 bridgehead atoms. The predicted molar refractivity (Wildman–Crippen MR) is 142 cm³/mol. The van der Waals surface area contributed by atoms with Gasteiger partial charge < -0.3 is 24.3 Å². The number of pyridine rings is 1. The van der Waals surface area contributed by atoms with E-state index in [2.05, 4.69) is 25.7 Å². The number of alkyl halides is 3. The first-order chi connectivity index (χ1) is 19.1. The van der Waals surface area contributed by atoms with Crippen LogP contribution in [-0.4, -0.2) is 78.5 Å². The fourth-order valence-corrected chi connectivity index (χ4v) is 6.30. The summed E-state index contributed by atoms with van der Waals surface area (Å²) < 4.78 is 62.1. The summed E-state index contributed by atoms with van der Waals surface area (Å²) in [5.41, 5.74) is 2.90. The van der Waals surface area contributed by atoms with Gasteiger partial charge >= 0.3 is 6.36 Å². The number of amides is 1. The molecule has 1 unspecified atom stereocenters. The van der Waals surface area contributed by atoms with Crippen molar-refractivity contribution in [3.63, 3.8) is 0 Å². The molecular weight excluding hydrogens is 528 g/mol. The number of carbonyl (C=O) groups is 1. The van der Waals surface area contributed by atoms with Crippen LogP contribution in [0.2, 0.25) is 0 Å². The van der Waals surface area contributed by atoms with Crippen molar-refractivity contribution in [1.82, 2.24) is 19.8 Å². The monoisotopic (exact) mass is 564 g/mol. The Labute approximate surface area is 231 Å². The summed E-state index contributed by atoms with van der Waals surface area (Å²) in [6, 6.07) is 2.06. The number of nitrogens with zero attached hydrogens (tertiary/aromatic N) is 3. The van der Waals surface area contributed by atoms with Crippen molar-refractivity contribution in [3.05, 3.63) is 52.8 Å². The average Bonchev–Trinajstić information content (AvgIpc) is 3.35. The van der Waals surface area contributed by atoms with Gasteiger partial charge in [-0.3, -0.25) is 4.79 Å². The Bertz CT molecular complexity index is 1270. The van der Waals surface area contributed by atoms with Crippen LogP contribution in [0.1, 0.15) is 62.1 Å². The van der Waals surface area contributed by atoms with Gasteiger partial charge in [-0.15, -0.1) is 13.2 Å². The van der Waals surface area contributed by atoms with E-state index in [9.17, 15) is 18.0 Å². The minimum atomic E-state index is -4.75. The maximum atomic E-state index is 15.2. The van der Waals surface area contributed by atoms with Gasteiger partial charge in [0.05, 0.1) is 12.8 Å². The summed E-state index contributed by atoms with van der Waals surface area (Å²) in [6.07, 6.45) is 2.42. The molecule has 0 saturated carbocycles. The van der Waals surface area contributed by atoms with Crippen molar-refractivity contribution in [3.8, 4) is 0 Å². The van der Waals surface area contributed by atoms with Crippen molar-refractivity contribution >= 4 is 16.9 Å². The van der Waals surface area contributed by atoms with Gasteiger partial charge in [0.25, 0.3) is 0 Å². The smallest absolute Gasteiger partial charge is 0.410 e. The third-order valence-corrected chi connectivity index (χ3v) is 8.48. The van der Waals surface area contributed by atoms with E-state index < -0.39 is 12.3 Å². The maximum Gasteiger partial charge on any atom is 0.572 e. The highest BCUT2D eigenvalue weighted by Crippen LogP contribution is 2.38. The normalized spacial score (nSPS) is 21.9. The Hall–Kier alpha value is -2.92. The van der Waals surface area contributed by atoms with Gasteiger partial charge in [0, 0.05) is 61.3 Å². The Morgan fingerprint density at radius 2 is 1.80 bits per heavy atom. The molecule has 218 valence electrons. The van der Waals surface area contributed by atoms with Crippen LogP contribution in [0.3, 0.4) is 0 Å². The molecule has 3 aliphatic rings. The first-order valence-corrected chi connectivity index (χ1v) is 14.0. The zero-order valence-corrected chi connectivity index (χ0v) is 22.9. The topological polar surface area (TPSA) is 70.7 Å². The molecule has 11 heteroatoms. The minimum absolute atomic E-state index is 0.00968. The molecule has 1 atom stereocenters. The molecule has 2 aromatic heterocycles. The number of aromatic amines is 1. The maximum absolute atomic E-state index is 15.2. The van der Waals surface area contributed by atoms with Crippen LogP contribution >= 0.6 is 0 Å². The van der Waals surface area contributed by atoms with Crippen LogP contribution in [0.25, 0.3) is 11.0 Å². The number of rotatable bonds is 7. The Balaban J connectivity index is 1.25. The molecule has 2 saturated heterocycles. The van der Waals surface area contributed by atoms with Gasteiger partial charge in [-0.25, -0.2) is 9.37 Å². The third kappa shape index (κ3) is 6.35. The molecule has 0 aromatic carbocycles. The number of hydrogen-bond acceptors (Lipinski definition) is 5. The third-order valence-electron chi connectivity index (χ3n) is 8.48. The zero-order chi connectivity index (χ0) is 28.4. The second kappa shape index (κ2) is 11.9. The first-order valence-electron chi connectivity index (χ1n) is 14.0. The number of ether oxygens (including phenoxy) is 2. The minimum Gasteiger partial charge on any atom is -0.410 e. The van der Waals surface area contributed by atoms with Crippen molar-refractivity contribution < 1.29 is 31.8 Å². The summed E-state index contributed by atoms with van der Waals surface area (Å²) >= 11 is 0. The lowest BCUT2D eigenvalue weighted by Gasteiger charge is -2.34. The van der Waals surface area contributed by atoms with Gasteiger partial charge in [-0.1, -0.05) is 6.92 Å². The fraction of sp³-hybridized carbons (Fsp3) is 0.586. The molecule has 4 heterocycles. The standard InChI is InChI=1S/C29H36F4N4O3/c1-18-15-21(40-29(31,32)33)3-4-22(18)28(38)37-11-7-20(8-12-37)26-23-16-25(35-27(23)34-17-24(26)30)19-5-9-36(10-6-19)13-14-39-2/h3-4,16-20H,5-15H2,1-2H3,(H,34,35). The highest BCUT2D eigenvalue weighted by Gasteiger charge is 2.35. The summed E-state index contributed by atoms with van der Waals surface area (Å²) in [5, 5.41) is 0.813. The molecule has 2 aromatic rings. The van der Waals surface area contributed by atoms with E-state index >= 15 is 4.39 Å². The molecule has 1 amide bonds. The number of allylic oxidation sites excluding steroid dienone is 3. The highest BCUT2D eigenvalue weighted by atomic mass is 19.4. The summed E-state index contributed by atoms with van der Waals surface area (Å²) in [4.78, 5) is 25.1. The SMILES string of the molecule is COCCN1CCC(c2cc3c(C4CCN(C(=O)C5=CC=C(OC(F)(F)F)CC5C)CC4)c(F)cnc3[nH]2)CC1. The number of likely N-dealkylation sites (tertiary alicyclic amines) is 2. The van der Waals surface area contributed by atoms with Gasteiger partial charge in [0.15, 0.2) is 0 Å². The number of hydrogen-bond donors (Lipinski definition) is 1. The number of piperidine rings is 2. The number of methoxy groups -OCH3 is 1. The lowest BCUT2D eigenvalue weighted by atomic mass is 9.86. The molecule has 40 heavy (non-hydrogen) atoms. The number of carbonyl (C=O) groups excluding carboxylic acids is 1. The lowest BCUT2D eigenvalue weighted by Crippen LogP contribution is -2.40. The Morgan fingerprint density at radius 3 is 2.45 bits per heavy atom. The quantitative estimate of drug-likeness (QED) is 0.442. The fourth-order valence-electron chi connectivity index (χ4n) is 6.30. The van der Waals surface area contributed by atoms with Crippen LogP contribution in [0.4, 0.5) is 17.6 Å². The van der Waals surface area contributed by atoms with Crippen molar-refractivity contribution in [2.24, 2.45) is 5.92 Å². The largest absolute Gasteiger partial charge is 0.572 e. The number of halogens is 4. The molecule has 2 aliphatic heterocycles. The van der Waals surface area contributed by atoms with Gasteiger partial charge in [-0.2, -0.15) is 0 Å². The van der Waals surface area contributed by atoms with E-state index in [0.717, 1.165) is 50.2 Å². The van der Waals surface area contributed by atoms with E-state index in [0.29, 0.717) is 48.6 Å². The number of aromatic nitrogens is 2. The second-order valence-corrected chi connectivity index (χ2v) is 11.1. The van der Waals surface area contributed by atoms with Gasteiger partial charge in [0.2, 0.25) is 5.91 Å². The van der Waals surface area contributed by atoms with Crippen LogP contribution in [-0.2, 0) is 14.3 Å². The molecule has 1 aliphatic carbocycles. The molecule has 2 fully saturated rings. The van der Waals surface area contributed by atoms with E-state index in [-0.39, 0.29) is 29.8 Å².